The van der Waals surface area contributed by atoms with Gasteiger partial charge in [-0.3, -0.25) is 4.79 Å². The molecule has 116 valence electrons. The normalized spacial score (nSPS) is 10.3. The Bertz CT molecular complexity index is 658. The predicted octanol–water partition coefficient (Wildman–Crippen LogP) is 3.88. The highest BCUT2D eigenvalue weighted by Crippen LogP contribution is 2.19. The van der Waals surface area contributed by atoms with Crippen molar-refractivity contribution in [2.24, 2.45) is 0 Å². The van der Waals surface area contributed by atoms with Crippen LogP contribution in [0.5, 0.6) is 5.75 Å². The zero-order valence-corrected chi connectivity index (χ0v) is 14.7. The molecule has 0 radical (unpaired) electrons. The van der Waals surface area contributed by atoms with Crippen LogP contribution < -0.4 is 10.1 Å². The number of ether oxygens (including phenoxy) is 2. The molecule has 1 amide bonds. The highest BCUT2D eigenvalue weighted by atomic mass is 127. The lowest BCUT2D eigenvalue weighted by atomic mass is 10.1. The number of benzene rings is 2. The van der Waals surface area contributed by atoms with Gasteiger partial charge in [-0.05, 0) is 59.3 Å². The molecule has 2 aromatic rings. The minimum atomic E-state index is -0.132. The fourth-order valence-electron chi connectivity index (χ4n) is 1.84. The second-order valence-electron chi connectivity index (χ2n) is 4.79. The molecule has 0 aliphatic rings. The second-order valence-corrected chi connectivity index (χ2v) is 5.95. The van der Waals surface area contributed by atoms with Crippen molar-refractivity contribution in [3.63, 3.8) is 0 Å². The maximum absolute atomic E-state index is 12.3. The maximum atomic E-state index is 12.3. The summed E-state index contributed by atoms with van der Waals surface area (Å²) in [4.78, 5) is 12.3. The van der Waals surface area contributed by atoms with E-state index in [-0.39, 0.29) is 5.91 Å². The third-order valence-corrected chi connectivity index (χ3v) is 4.24. The topological polar surface area (TPSA) is 47.6 Å². The van der Waals surface area contributed by atoms with Crippen LogP contribution in [0, 0.1) is 10.5 Å². The molecule has 4 nitrogen and oxygen atoms in total. The van der Waals surface area contributed by atoms with Gasteiger partial charge >= 0.3 is 0 Å². The van der Waals surface area contributed by atoms with Crippen molar-refractivity contribution < 1.29 is 14.3 Å². The lowest BCUT2D eigenvalue weighted by Crippen LogP contribution is -2.12. The third-order valence-electron chi connectivity index (χ3n) is 3.08. The lowest BCUT2D eigenvalue weighted by Gasteiger charge is -2.09. The van der Waals surface area contributed by atoms with Gasteiger partial charge in [0.25, 0.3) is 5.91 Å². The monoisotopic (exact) mass is 411 g/mol. The van der Waals surface area contributed by atoms with E-state index in [2.05, 4.69) is 27.9 Å². The Hall–Kier alpha value is -1.60. The summed E-state index contributed by atoms with van der Waals surface area (Å²) in [7, 11) is 1.63. The van der Waals surface area contributed by atoms with Gasteiger partial charge in [0.05, 0.1) is 6.61 Å². The fourth-order valence-corrected chi connectivity index (χ4v) is 2.36. The minimum absolute atomic E-state index is 0.132. The van der Waals surface area contributed by atoms with E-state index in [1.165, 1.54) is 0 Å². The zero-order chi connectivity index (χ0) is 15.9. The number of rotatable bonds is 6. The van der Waals surface area contributed by atoms with Crippen LogP contribution in [0.15, 0.2) is 42.5 Å². The Kier molecular flexibility index (Phi) is 6.21. The number of hydrogen-bond acceptors (Lipinski definition) is 3. The van der Waals surface area contributed by atoms with Gasteiger partial charge in [0.2, 0.25) is 0 Å². The Labute approximate surface area is 144 Å². The van der Waals surface area contributed by atoms with Crippen LogP contribution in [0.2, 0.25) is 0 Å². The van der Waals surface area contributed by atoms with E-state index in [1.54, 1.807) is 13.2 Å². The average molecular weight is 411 g/mol. The number of anilines is 1. The molecule has 5 heteroatoms. The fraction of sp³-hybridized carbons (Fsp3) is 0.235. The number of halogens is 1. The van der Waals surface area contributed by atoms with Crippen molar-refractivity contribution in [2.45, 2.75) is 6.92 Å². The Morgan fingerprint density at radius 2 is 2.00 bits per heavy atom. The van der Waals surface area contributed by atoms with E-state index in [1.807, 2.05) is 43.3 Å². The standard InChI is InChI=1S/C17H18INO3/c1-12-6-7-13(10-16(12)18)17(20)19-14-4-3-5-15(11-14)22-9-8-21-2/h3-7,10-11H,8-9H2,1-2H3,(H,19,20). The van der Waals surface area contributed by atoms with Gasteiger partial charge in [0.1, 0.15) is 12.4 Å². The maximum Gasteiger partial charge on any atom is 0.255 e. The summed E-state index contributed by atoms with van der Waals surface area (Å²) in [6, 6.07) is 13.0. The van der Waals surface area contributed by atoms with Gasteiger partial charge in [-0.25, -0.2) is 0 Å². The van der Waals surface area contributed by atoms with E-state index >= 15 is 0 Å². The molecule has 2 rings (SSSR count). The predicted molar refractivity (Wildman–Crippen MR) is 95.7 cm³/mol. The van der Waals surface area contributed by atoms with Gasteiger partial charge < -0.3 is 14.8 Å². The second kappa shape index (κ2) is 8.14. The lowest BCUT2D eigenvalue weighted by molar-refractivity contribution is 0.102. The highest BCUT2D eigenvalue weighted by Gasteiger charge is 2.08. The van der Waals surface area contributed by atoms with Crippen molar-refractivity contribution in [3.8, 4) is 5.75 Å². The molecule has 2 aromatic carbocycles. The summed E-state index contributed by atoms with van der Waals surface area (Å²) in [6.07, 6.45) is 0. The molecule has 0 fully saturated rings. The van der Waals surface area contributed by atoms with Crippen LogP contribution in [0.4, 0.5) is 5.69 Å². The summed E-state index contributed by atoms with van der Waals surface area (Å²) < 4.78 is 11.5. The van der Waals surface area contributed by atoms with Crippen LogP contribution in [-0.4, -0.2) is 26.2 Å². The van der Waals surface area contributed by atoms with Gasteiger partial charge in [0.15, 0.2) is 0 Å². The van der Waals surface area contributed by atoms with Crippen LogP contribution in [0.1, 0.15) is 15.9 Å². The van der Waals surface area contributed by atoms with Crippen molar-refractivity contribution in [1.82, 2.24) is 0 Å². The third kappa shape index (κ3) is 4.71. The zero-order valence-electron chi connectivity index (χ0n) is 12.6. The summed E-state index contributed by atoms with van der Waals surface area (Å²) >= 11 is 2.23. The van der Waals surface area contributed by atoms with Gasteiger partial charge in [-0.1, -0.05) is 12.1 Å². The summed E-state index contributed by atoms with van der Waals surface area (Å²) in [6.45, 7) is 3.02. The minimum Gasteiger partial charge on any atom is -0.491 e. The molecule has 0 unspecified atom stereocenters. The van der Waals surface area contributed by atoms with Crippen molar-refractivity contribution >= 4 is 34.2 Å². The average Bonchev–Trinajstić information content (AvgIpc) is 2.50. The molecule has 0 heterocycles. The number of nitrogens with one attached hydrogen (secondary N) is 1. The number of amides is 1. The molecular formula is C17H18INO3. The van der Waals surface area contributed by atoms with Gasteiger partial charge in [-0.15, -0.1) is 0 Å². The van der Waals surface area contributed by atoms with Crippen LogP contribution in [0.25, 0.3) is 0 Å². The number of methoxy groups -OCH3 is 1. The molecule has 0 saturated heterocycles. The number of carbonyl (C=O) groups is 1. The summed E-state index contributed by atoms with van der Waals surface area (Å²) in [5.74, 6) is 0.570. The number of aryl methyl sites for hydroxylation is 1. The van der Waals surface area contributed by atoms with E-state index in [4.69, 9.17) is 9.47 Å². The van der Waals surface area contributed by atoms with Crippen molar-refractivity contribution in [1.29, 1.82) is 0 Å². The Morgan fingerprint density at radius 1 is 1.18 bits per heavy atom. The van der Waals surface area contributed by atoms with E-state index in [0.717, 1.165) is 9.13 Å². The molecule has 0 saturated carbocycles. The van der Waals surface area contributed by atoms with E-state index < -0.39 is 0 Å². The first kappa shape index (κ1) is 16.8. The first-order valence-electron chi connectivity index (χ1n) is 6.89. The highest BCUT2D eigenvalue weighted by molar-refractivity contribution is 14.1. The first-order chi connectivity index (χ1) is 10.6. The molecule has 0 aliphatic heterocycles. The van der Waals surface area contributed by atoms with Crippen LogP contribution in [-0.2, 0) is 4.74 Å². The van der Waals surface area contributed by atoms with Crippen molar-refractivity contribution in [3.05, 3.63) is 57.2 Å². The SMILES string of the molecule is COCCOc1cccc(NC(=O)c2ccc(C)c(I)c2)c1. The largest absolute Gasteiger partial charge is 0.491 e. The summed E-state index contributed by atoms with van der Waals surface area (Å²) in [5, 5.41) is 2.88. The van der Waals surface area contributed by atoms with Crippen LogP contribution in [0.3, 0.4) is 0 Å². The molecule has 0 aliphatic carbocycles. The van der Waals surface area contributed by atoms with E-state index in [9.17, 15) is 4.79 Å². The molecule has 0 atom stereocenters. The molecule has 0 aromatic heterocycles. The van der Waals surface area contributed by atoms with Gasteiger partial charge in [0, 0.05) is 28.0 Å². The quantitative estimate of drug-likeness (QED) is 0.580. The van der Waals surface area contributed by atoms with Crippen molar-refractivity contribution in [2.75, 3.05) is 25.6 Å². The van der Waals surface area contributed by atoms with Crippen LogP contribution >= 0.6 is 22.6 Å². The molecule has 22 heavy (non-hydrogen) atoms. The Balaban J connectivity index is 2.04. The Morgan fingerprint density at radius 3 is 2.73 bits per heavy atom. The number of carbonyl (C=O) groups excluding carboxylic acids is 1. The molecule has 0 spiro atoms. The smallest absolute Gasteiger partial charge is 0.255 e. The number of hydrogen-bond donors (Lipinski definition) is 1. The first-order valence-corrected chi connectivity index (χ1v) is 7.97. The molecule has 1 N–H and O–H groups in total. The molecular weight excluding hydrogens is 393 g/mol. The van der Waals surface area contributed by atoms with Gasteiger partial charge in [-0.2, -0.15) is 0 Å². The summed E-state index contributed by atoms with van der Waals surface area (Å²) in [5.41, 5.74) is 2.50. The van der Waals surface area contributed by atoms with E-state index in [0.29, 0.717) is 30.2 Å². The molecule has 0 bridgehead atoms.